The van der Waals surface area contributed by atoms with Crippen LogP contribution in [-0.4, -0.2) is 21.2 Å². The summed E-state index contributed by atoms with van der Waals surface area (Å²) in [6.45, 7) is 6.63. The van der Waals surface area contributed by atoms with Gasteiger partial charge in [-0.3, -0.25) is 14.2 Å². The van der Waals surface area contributed by atoms with Gasteiger partial charge in [-0.15, -0.1) is 0 Å². The van der Waals surface area contributed by atoms with Crippen molar-refractivity contribution in [2.24, 2.45) is 0 Å². The highest BCUT2D eigenvalue weighted by molar-refractivity contribution is 7.99. The molecule has 0 saturated heterocycles. The van der Waals surface area contributed by atoms with Crippen molar-refractivity contribution in [3.63, 3.8) is 0 Å². The summed E-state index contributed by atoms with van der Waals surface area (Å²) in [6.07, 6.45) is 0.295. The number of nitrogens with zero attached hydrogens (tertiary/aromatic N) is 2. The molecular weight excluding hydrogens is 334 g/mol. The van der Waals surface area contributed by atoms with Crippen LogP contribution in [0.5, 0.6) is 0 Å². The Morgan fingerprint density at radius 1 is 1.32 bits per heavy atom. The van der Waals surface area contributed by atoms with Gasteiger partial charge in [0, 0.05) is 30.2 Å². The molecule has 132 valence electrons. The SMILES string of the molecule is CC(C)(C)c1cc(=O)n2c(n1)SCC2CC(=O)NCc1ccccc1. The molecule has 1 N–H and O–H groups in total. The Morgan fingerprint density at radius 3 is 2.72 bits per heavy atom. The average Bonchev–Trinajstić information content (AvgIpc) is 2.96. The highest BCUT2D eigenvalue weighted by Gasteiger charge is 2.29. The molecule has 5 nitrogen and oxygen atoms in total. The molecule has 1 amide bonds. The van der Waals surface area contributed by atoms with Gasteiger partial charge in [-0.25, -0.2) is 4.98 Å². The van der Waals surface area contributed by atoms with Crippen molar-refractivity contribution in [1.82, 2.24) is 14.9 Å². The van der Waals surface area contributed by atoms with E-state index < -0.39 is 0 Å². The summed E-state index contributed by atoms with van der Waals surface area (Å²) < 4.78 is 1.67. The number of carbonyl (C=O) groups is 1. The third-order valence-corrected chi connectivity index (χ3v) is 5.31. The summed E-state index contributed by atoms with van der Waals surface area (Å²) in [4.78, 5) is 29.4. The summed E-state index contributed by atoms with van der Waals surface area (Å²) in [7, 11) is 0. The topological polar surface area (TPSA) is 64.0 Å². The molecule has 0 bridgehead atoms. The van der Waals surface area contributed by atoms with E-state index in [4.69, 9.17) is 0 Å². The van der Waals surface area contributed by atoms with Crippen LogP contribution in [0.2, 0.25) is 0 Å². The first-order chi connectivity index (χ1) is 11.8. The molecule has 0 saturated carbocycles. The molecule has 0 spiro atoms. The van der Waals surface area contributed by atoms with E-state index in [2.05, 4.69) is 10.3 Å². The fourth-order valence-electron chi connectivity index (χ4n) is 2.77. The number of rotatable bonds is 4. The van der Waals surface area contributed by atoms with Crippen LogP contribution in [0.25, 0.3) is 0 Å². The predicted molar refractivity (Wildman–Crippen MR) is 99.9 cm³/mol. The van der Waals surface area contributed by atoms with Gasteiger partial charge in [0.15, 0.2) is 5.16 Å². The van der Waals surface area contributed by atoms with Crippen molar-refractivity contribution in [2.45, 2.75) is 50.4 Å². The molecule has 1 aliphatic heterocycles. The number of carbonyl (C=O) groups excluding carboxylic acids is 1. The van der Waals surface area contributed by atoms with E-state index in [9.17, 15) is 9.59 Å². The van der Waals surface area contributed by atoms with Crippen molar-refractivity contribution in [1.29, 1.82) is 0 Å². The second-order valence-electron chi connectivity index (χ2n) is 7.31. The molecule has 2 heterocycles. The van der Waals surface area contributed by atoms with Crippen LogP contribution in [0.15, 0.2) is 46.3 Å². The van der Waals surface area contributed by atoms with Crippen molar-refractivity contribution in [2.75, 3.05) is 5.75 Å². The summed E-state index contributed by atoms with van der Waals surface area (Å²) in [5, 5.41) is 3.65. The van der Waals surface area contributed by atoms with Crippen LogP contribution in [0.1, 0.15) is 44.5 Å². The number of aromatic nitrogens is 2. The second-order valence-corrected chi connectivity index (χ2v) is 8.30. The molecule has 3 rings (SSSR count). The van der Waals surface area contributed by atoms with Crippen LogP contribution in [0.3, 0.4) is 0 Å². The van der Waals surface area contributed by atoms with E-state index in [1.54, 1.807) is 22.4 Å². The van der Waals surface area contributed by atoms with Gasteiger partial charge in [0.1, 0.15) is 0 Å². The molecule has 1 atom stereocenters. The number of amides is 1. The van der Waals surface area contributed by atoms with Gasteiger partial charge in [0.05, 0.1) is 11.7 Å². The quantitative estimate of drug-likeness (QED) is 0.855. The summed E-state index contributed by atoms with van der Waals surface area (Å²) >= 11 is 1.55. The maximum absolute atomic E-state index is 12.5. The fraction of sp³-hybridized carbons (Fsp3) is 0.421. The molecule has 2 aromatic rings. The van der Waals surface area contributed by atoms with Gasteiger partial charge in [-0.05, 0) is 5.56 Å². The molecule has 1 aromatic carbocycles. The predicted octanol–water partition coefficient (Wildman–Crippen LogP) is 2.89. The van der Waals surface area contributed by atoms with Crippen molar-refractivity contribution >= 4 is 17.7 Å². The second kappa shape index (κ2) is 7.04. The molecule has 0 radical (unpaired) electrons. The van der Waals surface area contributed by atoms with Gasteiger partial charge in [-0.1, -0.05) is 62.9 Å². The summed E-state index contributed by atoms with van der Waals surface area (Å²) in [5.74, 6) is 0.656. The van der Waals surface area contributed by atoms with Gasteiger partial charge < -0.3 is 5.32 Å². The first kappa shape index (κ1) is 17.7. The molecule has 6 heteroatoms. The van der Waals surface area contributed by atoms with Crippen molar-refractivity contribution in [3.05, 3.63) is 58.0 Å². The molecule has 25 heavy (non-hydrogen) atoms. The van der Waals surface area contributed by atoms with Crippen LogP contribution in [0.4, 0.5) is 0 Å². The average molecular weight is 357 g/mol. The number of thioether (sulfide) groups is 1. The lowest BCUT2D eigenvalue weighted by Crippen LogP contribution is -2.31. The standard InChI is InChI=1S/C19H23N3O2S/c1-19(2,3)15-10-17(24)22-14(12-25-18(22)21-15)9-16(23)20-11-13-7-5-4-6-8-13/h4-8,10,14H,9,11-12H2,1-3H3,(H,20,23). The highest BCUT2D eigenvalue weighted by atomic mass is 32.2. The van der Waals surface area contributed by atoms with E-state index in [0.29, 0.717) is 18.7 Å². The first-order valence-electron chi connectivity index (χ1n) is 8.42. The highest BCUT2D eigenvalue weighted by Crippen LogP contribution is 2.33. The molecule has 1 unspecified atom stereocenters. The van der Waals surface area contributed by atoms with Crippen LogP contribution in [-0.2, 0) is 16.8 Å². The van der Waals surface area contributed by atoms with Gasteiger partial charge in [-0.2, -0.15) is 0 Å². The Bertz CT molecular complexity index is 825. The number of nitrogens with one attached hydrogen (secondary N) is 1. The molecular formula is C19H23N3O2S. The van der Waals surface area contributed by atoms with Crippen LogP contribution < -0.4 is 10.9 Å². The van der Waals surface area contributed by atoms with E-state index in [1.165, 1.54) is 0 Å². The Morgan fingerprint density at radius 2 is 2.04 bits per heavy atom. The van der Waals surface area contributed by atoms with Gasteiger partial charge in [0.2, 0.25) is 5.91 Å². The van der Waals surface area contributed by atoms with Crippen molar-refractivity contribution in [3.8, 4) is 0 Å². The molecule has 1 aromatic heterocycles. The zero-order valence-corrected chi connectivity index (χ0v) is 15.6. The van der Waals surface area contributed by atoms with Crippen molar-refractivity contribution < 1.29 is 4.79 Å². The lowest BCUT2D eigenvalue weighted by atomic mass is 9.92. The first-order valence-corrected chi connectivity index (χ1v) is 9.40. The van der Waals surface area contributed by atoms with E-state index in [0.717, 1.165) is 16.4 Å². The lowest BCUT2D eigenvalue weighted by Gasteiger charge is -2.19. The number of hydrogen-bond acceptors (Lipinski definition) is 4. The summed E-state index contributed by atoms with van der Waals surface area (Å²) in [5.41, 5.74) is 1.62. The Balaban J connectivity index is 1.69. The Hall–Kier alpha value is -2.08. The minimum atomic E-state index is -0.166. The van der Waals surface area contributed by atoms with E-state index in [-0.39, 0.29) is 22.9 Å². The molecule has 0 aliphatic carbocycles. The summed E-state index contributed by atoms with van der Waals surface area (Å²) in [6, 6.07) is 11.3. The number of benzene rings is 1. The normalized spacial score (nSPS) is 16.5. The zero-order chi connectivity index (χ0) is 18.0. The Labute approximate surface area is 151 Å². The monoisotopic (exact) mass is 357 g/mol. The number of fused-ring (bicyclic) bond motifs is 1. The molecule has 0 fully saturated rings. The van der Waals surface area contributed by atoms with Crippen LogP contribution >= 0.6 is 11.8 Å². The third kappa shape index (κ3) is 4.12. The fourth-order valence-corrected chi connectivity index (χ4v) is 3.92. The maximum atomic E-state index is 12.5. The minimum Gasteiger partial charge on any atom is -0.352 e. The smallest absolute Gasteiger partial charge is 0.254 e. The maximum Gasteiger partial charge on any atom is 0.254 e. The van der Waals surface area contributed by atoms with E-state index >= 15 is 0 Å². The lowest BCUT2D eigenvalue weighted by molar-refractivity contribution is -0.121. The molecule has 1 aliphatic rings. The third-order valence-electron chi connectivity index (χ3n) is 4.21. The zero-order valence-electron chi connectivity index (χ0n) is 14.8. The van der Waals surface area contributed by atoms with Gasteiger partial charge >= 0.3 is 0 Å². The largest absolute Gasteiger partial charge is 0.352 e. The van der Waals surface area contributed by atoms with E-state index in [1.807, 2.05) is 51.1 Å². The van der Waals surface area contributed by atoms with Gasteiger partial charge in [0.25, 0.3) is 5.56 Å². The minimum absolute atomic E-state index is 0.0471. The number of hydrogen-bond donors (Lipinski definition) is 1. The van der Waals surface area contributed by atoms with Crippen LogP contribution in [0, 0.1) is 0 Å². The Kier molecular flexibility index (Phi) is 4.99.